The molecule has 1 aromatic heterocycles. The van der Waals surface area contributed by atoms with Crippen LogP contribution in [0.2, 0.25) is 0 Å². The largest absolute Gasteiger partial charge is 0.481 e. The number of amides is 1. The number of aliphatic carboxylic acids is 1. The maximum absolute atomic E-state index is 14.1. The number of benzene rings is 1. The summed E-state index contributed by atoms with van der Waals surface area (Å²) in [4.78, 5) is 25.8. The molecule has 0 unspecified atom stereocenters. The lowest BCUT2D eigenvalue weighted by molar-refractivity contribution is -0.141. The molecule has 1 amide bonds. The van der Waals surface area contributed by atoms with E-state index in [1.807, 2.05) is 0 Å². The number of carbonyl (C=O) groups excluding carboxylic acids is 1. The number of rotatable bonds is 3. The van der Waals surface area contributed by atoms with E-state index in [9.17, 15) is 19.1 Å². The Morgan fingerprint density at radius 2 is 2.00 bits per heavy atom. The minimum atomic E-state index is -1.03. The Bertz CT molecular complexity index is 802. The SMILES string of the molecule is Cc1nn(C)cc1C(=O)N1C[C@H](C(=O)O)[C@@H](c2ccccc2F)C1. The van der Waals surface area contributed by atoms with Gasteiger partial charge in [-0.3, -0.25) is 14.3 Å². The minimum absolute atomic E-state index is 0.0570. The Morgan fingerprint density at radius 3 is 2.58 bits per heavy atom. The van der Waals surface area contributed by atoms with Gasteiger partial charge in [-0.25, -0.2) is 4.39 Å². The maximum atomic E-state index is 14.1. The van der Waals surface area contributed by atoms with Crippen LogP contribution in [0.15, 0.2) is 30.5 Å². The van der Waals surface area contributed by atoms with Gasteiger partial charge in [0.1, 0.15) is 5.82 Å². The number of aromatic nitrogens is 2. The molecule has 6 nitrogen and oxygen atoms in total. The van der Waals surface area contributed by atoms with E-state index < -0.39 is 23.6 Å². The third kappa shape index (κ3) is 2.77. The fraction of sp³-hybridized carbons (Fsp3) is 0.353. The van der Waals surface area contributed by atoms with Crippen molar-refractivity contribution in [1.29, 1.82) is 0 Å². The first kappa shape index (κ1) is 16.2. The van der Waals surface area contributed by atoms with Crippen LogP contribution < -0.4 is 0 Å². The molecular formula is C17H18FN3O3. The zero-order valence-corrected chi connectivity index (χ0v) is 13.4. The molecule has 0 aliphatic carbocycles. The van der Waals surface area contributed by atoms with Gasteiger partial charge in [0.25, 0.3) is 5.91 Å². The van der Waals surface area contributed by atoms with E-state index in [1.54, 1.807) is 43.0 Å². The molecule has 1 aromatic carbocycles. The molecule has 2 aromatic rings. The number of carbonyl (C=O) groups is 2. The van der Waals surface area contributed by atoms with Gasteiger partial charge in [-0.1, -0.05) is 18.2 Å². The molecule has 0 spiro atoms. The van der Waals surface area contributed by atoms with Crippen LogP contribution in [-0.2, 0) is 11.8 Å². The van der Waals surface area contributed by atoms with E-state index in [1.165, 1.54) is 11.0 Å². The summed E-state index contributed by atoms with van der Waals surface area (Å²) < 4.78 is 15.6. The number of halogens is 1. The highest BCUT2D eigenvalue weighted by molar-refractivity contribution is 5.95. The van der Waals surface area contributed by atoms with Gasteiger partial charge in [-0.15, -0.1) is 0 Å². The first-order valence-corrected chi connectivity index (χ1v) is 7.65. The zero-order valence-electron chi connectivity index (χ0n) is 13.4. The predicted molar refractivity (Wildman–Crippen MR) is 84.1 cm³/mol. The Hall–Kier alpha value is -2.70. The van der Waals surface area contributed by atoms with Crippen molar-refractivity contribution in [2.45, 2.75) is 12.8 Å². The summed E-state index contributed by atoms with van der Waals surface area (Å²) in [5.41, 5.74) is 1.36. The highest BCUT2D eigenvalue weighted by Gasteiger charge is 2.42. The lowest BCUT2D eigenvalue weighted by Gasteiger charge is -2.16. The number of carboxylic acids is 1. The molecule has 24 heavy (non-hydrogen) atoms. The molecule has 1 N–H and O–H groups in total. The average molecular weight is 331 g/mol. The fourth-order valence-electron chi connectivity index (χ4n) is 3.29. The fourth-order valence-corrected chi connectivity index (χ4v) is 3.29. The first-order chi connectivity index (χ1) is 11.4. The van der Waals surface area contributed by atoms with Crippen molar-refractivity contribution in [2.24, 2.45) is 13.0 Å². The highest BCUT2D eigenvalue weighted by atomic mass is 19.1. The molecule has 2 atom stereocenters. The molecule has 1 saturated heterocycles. The van der Waals surface area contributed by atoms with Crippen LogP contribution in [0.4, 0.5) is 4.39 Å². The van der Waals surface area contributed by atoms with E-state index in [0.29, 0.717) is 16.8 Å². The van der Waals surface area contributed by atoms with Gasteiger partial charge >= 0.3 is 5.97 Å². The molecule has 2 heterocycles. The zero-order chi connectivity index (χ0) is 17.4. The summed E-state index contributed by atoms with van der Waals surface area (Å²) in [6, 6.07) is 6.13. The van der Waals surface area contributed by atoms with Crippen molar-refractivity contribution in [3.05, 3.63) is 53.1 Å². The number of hydrogen-bond donors (Lipinski definition) is 1. The molecule has 7 heteroatoms. The standard InChI is InChI=1S/C17H18FN3O3/c1-10-12(7-20(2)19-10)16(22)21-8-13(14(9-21)17(23)24)11-5-3-4-6-15(11)18/h3-7,13-14H,8-9H2,1-2H3,(H,23,24)/t13-,14+/m1/s1. The molecule has 3 rings (SSSR count). The van der Waals surface area contributed by atoms with Crippen LogP contribution in [0.3, 0.4) is 0 Å². The van der Waals surface area contributed by atoms with Crippen LogP contribution in [0.5, 0.6) is 0 Å². The van der Waals surface area contributed by atoms with E-state index in [0.717, 1.165) is 0 Å². The number of likely N-dealkylation sites (tertiary alicyclic amines) is 1. The molecule has 1 aliphatic rings. The van der Waals surface area contributed by atoms with E-state index in [-0.39, 0.29) is 19.0 Å². The molecule has 126 valence electrons. The molecule has 1 aliphatic heterocycles. The lowest BCUT2D eigenvalue weighted by Crippen LogP contribution is -2.30. The van der Waals surface area contributed by atoms with Crippen molar-refractivity contribution in [2.75, 3.05) is 13.1 Å². The van der Waals surface area contributed by atoms with Crippen molar-refractivity contribution in [3.63, 3.8) is 0 Å². The third-order valence-electron chi connectivity index (χ3n) is 4.47. The van der Waals surface area contributed by atoms with Crippen LogP contribution >= 0.6 is 0 Å². The molecule has 1 fully saturated rings. The predicted octanol–water partition coefficient (Wildman–Crippen LogP) is 1.81. The Balaban J connectivity index is 1.91. The quantitative estimate of drug-likeness (QED) is 0.931. The van der Waals surface area contributed by atoms with Gasteiger partial charge < -0.3 is 10.0 Å². The van der Waals surface area contributed by atoms with Crippen molar-refractivity contribution in [1.82, 2.24) is 14.7 Å². The normalized spacial score (nSPS) is 20.4. The molecule has 0 radical (unpaired) electrons. The number of carboxylic acid groups (broad SMARTS) is 1. The van der Waals surface area contributed by atoms with Crippen molar-refractivity contribution >= 4 is 11.9 Å². The van der Waals surface area contributed by atoms with Gasteiger partial charge in [-0.2, -0.15) is 5.10 Å². The van der Waals surface area contributed by atoms with Gasteiger partial charge in [0, 0.05) is 32.3 Å². The average Bonchev–Trinajstić information content (AvgIpc) is 3.10. The number of hydrogen-bond acceptors (Lipinski definition) is 3. The van der Waals surface area contributed by atoms with Gasteiger partial charge in [-0.05, 0) is 18.6 Å². The minimum Gasteiger partial charge on any atom is -0.481 e. The molecule has 0 saturated carbocycles. The summed E-state index contributed by atoms with van der Waals surface area (Å²) in [5, 5.41) is 13.6. The second kappa shape index (κ2) is 6.07. The maximum Gasteiger partial charge on any atom is 0.308 e. The van der Waals surface area contributed by atoms with Gasteiger partial charge in [0.15, 0.2) is 0 Å². The van der Waals surface area contributed by atoms with Crippen molar-refractivity contribution < 1.29 is 19.1 Å². The van der Waals surface area contributed by atoms with Crippen LogP contribution in [0, 0.1) is 18.7 Å². The lowest BCUT2D eigenvalue weighted by atomic mass is 9.89. The topological polar surface area (TPSA) is 75.4 Å². The van der Waals surface area contributed by atoms with E-state index in [4.69, 9.17) is 0 Å². The van der Waals surface area contributed by atoms with E-state index >= 15 is 0 Å². The van der Waals surface area contributed by atoms with Crippen LogP contribution in [0.25, 0.3) is 0 Å². The summed E-state index contributed by atoms with van der Waals surface area (Å²) in [5.74, 6) is -3.14. The van der Waals surface area contributed by atoms with Crippen molar-refractivity contribution in [3.8, 4) is 0 Å². The van der Waals surface area contributed by atoms with Gasteiger partial charge in [0.2, 0.25) is 0 Å². The summed E-state index contributed by atoms with van der Waals surface area (Å²) in [6.07, 6.45) is 1.61. The van der Waals surface area contributed by atoms with Crippen LogP contribution in [0.1, 0.15) is 27.5 Å². The summed E-state index contributed by atoms with van der Waals surface area (Å²) in [7, 11) is 1.72. The van der Waals surface area contributed by atoms with Crippen LogP contribution in [-0.4, -0.2) is 44.8 Å². The smallest absolute Gasteiger partial charge is 0.308 e. The van der Waals surface area contributed by atoms with Gasteiger partial charge in [0.05, 0.1) is 17.2 Å². The summed E-state index contributed by atoms with van der Waals surface area (Å²) in [6.45, 7) is 1.96. The highest BCUT2D eigenvalue weighted by Crippen LogP contribution is 2.35. The first-order valence-electron chi connectivity index (χ1n) is 7.65. The monoisotopic (exact) mass is 331 g/mol. The second-order valence-electron chi connectivity index (χ2n) is 6.08. The van der Waals surface area contributed by atoms with E-state index in [2.05, 4.69) is 5.10 Å². The molecule has 0 bridgehead atoms. The number of aryl methyl sites for hydroxylation is 2. The summed E-state index contributed by atoms with van der Waals surface area (Å²) >= 11 is 0. The molecular weight excluding hydrogens is 313 g/mol. The Kier molecular flexibility index (Phi) is 4.09. The second-order valence-corrected chi connectivity index (χ2v) is 6.08. The third-order valence-corrected chi connectivity index (χ3v) is 4.47. The Labute approximate surface area is 138 Å². The number of nitrogens with zero attached hydrogens (tertiary/aromatic N) is 3. The Morgan fingerprint density at radius 1 is 1.29 bits per heavy atom.